The summed E-state index contributed by atoms with van der Waals surface area (Å²) >= 11 is 0. The van der Waals surface area contributed by atoms with Gasteiger partial charge in [-0.25, -0.2) is 9.97 Å². The van der Waals surface area contributed by atoms with Gasteiger partial charge in [0.05, 0.1) is 6.54 Å². The molecule has 0 radical (unpaired) electrons. The van der Waals surface area contributed by atoms with Crippen molar-refractivity contribution >= 4 is 17.2 Å². The minimum Gasteiger partial charge on any atom is -0.354 e. The summed E-state index contributed by atoms with van der Waals surface area (Å²) in [5, 5.41) is 2.03. The molecular formula is C17H21N7. The van der Waals surface area contributed by atoms with Crippen molar-refractivity contribution in [1.82, 2.24) is 25.3 Å². The highest BCUT2D eigenvalue weighted by atomic mass is 15.5. The minimum atomic E-state index is 0.755. The van der Waals surface area contributed by atoms with Gasteiger partial charge in [-0.05, 0) is 24.3 Å². The summed E-state index contributed by atoms with van der Waals surface area (Å²) in [7, 11) is 2.16. The maximum atomic E-state index is 4.45. The molecule has 0 atom stereocenters. The van der Waals surface area contributed by atoms with E-state index >= 15 is 0 Å². The Kier molecular flexibility index (Phi) is 4.00. The van der Waals surface area contributed by atoms with Gasteiger partial charge in [-0.15, -0.1) is 0 Å². The Morgan fingerprint density at radius 3 is 2.71 bits per heavy atom. The minimum absolute atomic E-state index is 0.755. The molecule has 7 nitrogen and oxygen atoms in total. The number of hydrogen-bond donors (Lipinski definition) is 1. The lowest BCUT2D eigenvalue weighted by Gasteiger charge is -2.33. The molecule has 0 saturated carbocycles. The fourth-order valence-corrected chi connectivity index (χ4v) is 2.99. The van der Waals surface area contributed by atoms with E-state index in [0.717, 1.165) is 49.9 Å². The van der Waals surface area contributed by atoms with E-state index in [1.807, 2.05) is 23.5 Å². The van der Waals surface area contributed by atoms with Gasteiger partial charge < -0.3 is 15.2 Å². The van der Waals surface area contributed by atoms with Crippen molar-refractivity contribution in [2.45, 2.75) is 0 Å². The monoisotopic (exact) mass is 323 g/mol. The molecule has 0 bridgehead atoms. The van der Waals surface area contributed by atoms with Gasteiger partial charge in [-0.3, -0.25) is 9.99 Å². The molecule has 0 aliphatic carbocycles. The number of nitrogens with one attached hydrogen (secondary N) is 1. The number of piperazine rings is 1. The third-order valence-corrected chi connectivity index (χ3v) is 4.50. The first-order chi connectivity index (χ1) is 11.8. The smallest absolute Gasteiger partial charge is 0.152 e. The molecule has 2 aromatic heterocycles. The van der Waals surface area contributed by atoms with Crippen LogP contribution in [-0.2, 0) is 0 Å². The molecule has 4 rings (SSSR count). The van der Waals surface area contributed by atoms with Gasteiger partial charge in [0.2, 0.25) is 0 Å². The number of anilines is 2. The molecule has 1 saturated heterocycles. The standard InChI is InChI=1S/C17H21N7/c1-22-5-7-23(8-6-22)16-9-17(20-13-19-16)24-12-15(11-21-24)14-3-2-4-18-10-14/h2-4,9-11,13,21H,5-8,12H2,1H3. The molecule has 2 aromatic rings. The van der Waals surface area contributed by atoms with Gasteiger partial charge in [0, 0.05) is 50.8 Å². The van der Waals surface area contributed by atoms with Crippen LogP contribution < -0.4 is 15.3 Å². The molecule has 0 amide bonds. The molecule has 124 valence electrons. The van der Waals surface area contributed by atoms with Crippen molar-refractivity contribution in [3.05, 3.63) is 48.7 Å². The summed E-state index contributed by atoms with van der Waals surface area (Å²) < 4.78 is 0. The van der Waals surface area contributed by atoms with Crippen LogP contribution >= 0.6 is 0 Å². The van der Waals surface area contributed by atoms with Crippen molar-refractivity contribution in [2.24, 2.45) is 0 Å². The molecule has 0 spiro atoms. The van der Waals surface area contributed by atoms with Gasteiger partial charge in [0.25, 0.3) is 0 Å². The predicted octanol–water partition coefficient (Wildman–Crippen LogP) is 0.989. The number of hydrogen-bond acceptors (Lipinski definition) is 7. The quantitative estimate of drug-likeness (QED) is 0.904. The fraction of sp³-hybridized carbons (Fsp3) is 0.353. The molecule has 2 aliphatic rings. The highest BCUT2D eigenvalue weighted by Crippen LogP contribution is 2.23. The first-order valence-electron chi connectivity index (χ1n) is 8.18. The van der Waals surface area contributed by atoms with Crippen LogP contribution in [0.15, 0.2) is 43.1 Å². The first kappa shape index (κ1) is 14.9. The van der Waals surface area contributed by atoms with E-state index in [2.05, 4.69) is 49.4 Å². The number of hydrazine groups is 1. The Morgan fingerprint density at radius 1 is 1.08 bits per heavy atom. The second-order valence-corrected chi connectivity index (χ2v) is 6.15. The summed E-state index contributed by atoms with van der Waals surface area (Å²) in [5.41, 5.74) is 5.61. The van der Waals surface area contributed by atoms with Gasteiger partial charge in [-0.1, -0.05) is 6.07 Å². The maximum Gasteiger partial charge on any atom is 0.152 e. The van der Waals surface area contributed by atoms with E-state index in [1.54, 1.807) is 12.5 Å². The van der Waals surface area contributed by atoms with Crippen molar-refractivity contribution < 1.29 is 0 Å². The zero-order chi connectivity index (χ0) is 16.4. The van der Waals surface area contributed by atoms with Crippen LogP contribution in [0.1, 0.15) is 5.56 Å². The predicted molar refractivity (Wildman–Crippen MR) is 94.4 cm³/mol. The summed E-state index contributed by atoms with van der Waals surface area (Å²) in [6.07, 6.45) is 7.32. The van der Waals surface area contributed by atoms with Gasteiger partial charge >= 0.3 is 0 Å². The summed E-state index contributed by atoms with van der Waals surface area (Å²) in [6.45, 7) is 4.88. The molecule has 0 aromatic carbocycles. The maximum absolute atomic E-state index is 4.45. The largest absolute Gasteiger partial charge is 0.354 e. The van der Waals surface area contributed by atoms with Crippen molar-refractivity contribution in [3.8, 4) is 0 Å². The summed E-state index contributed by atoms with van der Waals surface area (Å²) in [5.74, 6) is 1.87. The van der Waals surface area contributed by atoms with Gasteiger partial charge in [0.15, 0.2) is 5.82 Å². The van der Waals surface area contributed by atoms with Crippen LogP contribution in [0.3, 0.4) is 0 Å². The van der Waals surface area contributed by atoms with E-state index in [-0.39, 0.29) is 0 Å². The molecule has 4 heterocycles. The number of nitrogens with zero attached hydrogens (tertiary/aromatic N) is 6. The lowest BCUT2D eigenvalue weighted by atomic mass is 10.1. The topological polar surface area (TPSA) is 60.4 Å². The molecule has 0 unspecified atom stereocenters. The Hall–Kier alpha value is -2.67. The molecule has 1 fully saturated rings. The molecule has 2 aliphatic heterocycles. The van der Waals surface area contributed by atoms with E-state index in [4.69, 9.17) is 0 Å². The highest BCUT2D eigenvalue weighted by Gasteiger charge is 2.20. The number of aromatic nitrogens is 3. The Morgan fingerprint density at radius 2 is 1.92 bits per heavy atom. The van der Waals surface area contributed by atoms with Crippen LogP contribution in [0.25, 0.3) is 5.57 Å². The highest BCUT2D eigenvalue weighted by molar-refractivity contribution is 5.72. The Balaban J connectivity index is 1.47. The van der Waals surface area contributed by atoms with E-state index < -0.39 is 0 Å². The lowest BCUT2D eigenvalue weighted by molar-refractivity contribution is 0.312. The third kappa shape index (κ3) is 3.03. The molecule has 24 heavy (non-hydrogen) atoms. The van der Waals surface area contributed by atoms with Crippen molar-refractivity contribution in [2.75, 3.05) is 49.7 Å². The average Bonchev–Trinajstić information content (AvgIpc) is 3.13. The van der Waals surface area contributed by atoms with Gasteiger partial charge in [-0.2, -0.15) is 0 Å². The zero-order valence-electron chi connectivity index (χ0n) is 13.8. The Labute approximate surface area is 141 Å². The van der Waals surface area contributed by atoms with Crippen molar-refractivity contribution in [1.29, 1.82) is 0 Å². The van der Waals surface area contributed by atoms with E-state index in [0.29, 0.717) is 0 Å². The fourth-order valence-electron chi connectivity index (χ4n) is 2.99. The van der Waals surface area contributed by atoms with Crippen LogP contribution in [0.4, 0.5) is 11.6 Å². The SMILES string of the molecule is CN1CCN(c2cc(N3CC(c4cccnc4)=CN3)ncn2)CC1. The number of rotatable bonds is 3. The lowest BCUT2D eigenvalue weighted by Crippen LogP contribution is -2.45. The second-order valence-electron chi connectivity index (χ2n) is 6.15. The first-order valence-corrected chi connectivity index (χ1v) is 8.18. The normalized spacial score (nSPS) is 18.5. The van der Waals surface area contributed by atoms with Crippen LogP contribution in [0, 0.1) is 0 Å². The number of pyridine rings is 1. The third-order valence-electron chi connectivity index (χ3n) is 4.50. The number of likely N-dealkylation sites (N-methyl/N-ethyl adjacent to an activating group) is 1. The van der Waals surface area contributed by atoms with Crippen LogP contribution in [0.5, 0.6) is 0 Å². The zero-order valence-corrected chi connectivity index (χ0v) is 13.8. The Bertz CT molecular complexity index is 723. The van der Waals surface area contributed by atoms with Crippen LogP contribution in [0.2, 0.25) is 0 Å². The van der Waals surface area contributed by atoms with Crippen molar-refractivity contribution in [3.63, 3.8) is 0 Å². The van der Waals surface area contributed by atoms with E-state index in [9.17, 15) is 0 Å². The molecular weight excluding hydrogens is 302 g/mol. The average molecular weight is 323 g/mol. The summed E-state index contributed by atoms with van der Waals surface area (Å²) in [6, 6.07) is 6.08. The molecule has 7 heteroatoms. The summed E-state index contributed by atoms with van der Waals surface area (Å²) in [4.78, 5) is 17.7. The van der Waals surface area contributed by atoms with E-state index in [1.165, 1.54) is 5.57 Å². The van der Waals surface area contributed by atoms with Crippen LogP contribution in [-0.4, -0.2) is 59.6 Å². The molecule has 1 N–H and O–H groups in total. The second kappa shape index (κ2) is 6.45. The van der Waals surface area contributed by atoms with Gasteiger partial charge in [0.1, 0.15) is 12.1 Å².